The first-order valence-corrected chi connectivity index (χ1v) is 11.8. The summed E-state index contributed by atoms with van der Waals surface area (Å²) in [6.45, 7) is 4.62. The van der Waals surface area contributed by atoms with Crippen LogP contribution >= 0.6 is 11.6 Å². The Morgan fingerprint density at radius 1 is 0.889 bits per heavy atom. The summed E-state index contributed by atoms with van der Waals surface area (Å²) >= 11 is 5.82. The van der Waals surface area contributed by atoms with Crippen LogP contribution in [0.3, 0.4) is 0 Å². The first-order valence-electron chi connectivity index (χ1n) is 11.4. The number of halogens is 1. The summed E-state index contributed by atoms with van der Waals surface area (Å²) in [5, 5.41) is 4.51. The SMILES string of the molecule is CCCOc1ccc(C(=O)Oc2ccc(/C=N/NC(=O)COc3ccc(Cl)cc3)cc2OCC)cc1. The average Bonchev–Trinajstić information content (AvgIpc) is 2.89. The normalized spacial score (nSPS) is 10.6. The van der Waals surface area contributed by atoms with E-state index in [4.69, 9.17) is 30.5 Å². The van der Waals surface area contributed by atoms with E-state index in [1.165, 1.54) is 6.21 Å². The standard InChI is InChI=1S/C27H27ClN2O6/c1-3-15-34-22-10-6-20(7-11-22)27(32)36-24-14-5-19(16-25(24)33-4-2)17-29-30-26(31)18-35-23-12-8-21(28)9-13-23/h5-14,16-17H,3-4,15,18H2,1-2H3,(H,30,31)/b29-17+. The highest BCUT2D eigenvalue weighted by Crippen LogP contribution is 2.29. The maximum atomic E-state index is 12.6. The zero-order valence-corrected chi connectivity index (χ0v) is 20.8. The lowest BCUT2D eigenvalue weighted by molar-refractivity contribution is -0.123. The molecule has 3 rings (SSSR count). The van der Waals surface area contributed by atoms with Gasteiger partial charge in [0.2, 0.25) is 0 Å². The second kappa shape index (κ2) is 13.7. The Morgan fingerprint density at radius 2 is 1.58 bits per heavy atom. The molecule has 0 bridgehead atoms. The zero-order valence-electron chi connectivity index (χ0n) is 20.0. The molecule has 188 valence electrons. The number of hydrazone groups is 1. The fraction of sp³-hybridized carbons (Fsp3) is 0.222. The molecule has 36 heavy (non-hydrogen) atoms. The molecule has 0 spiro atoms. The highest BCUT2D eigenvalue weighted by Gasteiger charge is 2.13. The Bertz CT molecular complexity index is 1180. The molecule has 0 heterocycles. The Balaban J connectivity index is 1.57. The molecule has 9 heteroatoms. The van der Waals surface area contributed by atoms with Crippen LogP contribution in [0.15, 0.2) is 71.8 Å². The van der Waals surface area contributed by atoms with Crippen molar-refractivity contribution in [1.82, 2.24) is 5.43 Å². The van der Waals surface area contributed by atoms with Crippen molar-refractivity contribution in [2.75, 3.05) is 19.8 Å². The Hall–Kier alpha value is -4.04. The number of esters is 1. The third-order valence-electron chi connectivity index (χ3n) is 4.62. The lowest BCUT2D eigenvalue weighted by Gasteiger charge is -2.12. The van der Waals surface area contributed by atoms with Crippen molar-refractivity contribution in [3.05, 3.63) is 82.9 Å². The summed E-state index contributed by atoms with van der Waals surface area (Å²) in [7, 11) is 0. The molecule has 0 atom stereocenters. The topological polar surface area (TPSA) is 95.5 Å². The van der Waals surface area contributed by atoms with Crippen LogP contribution in [0.1, 0.15) is 36.2 Å². The molecule has 0 unspecified atom stereocenters. The minimum absolute atomic E-state index is 0.205. The van der Waals surface area contributed by atoms with Crippen LogP contribution < -0.4 is 24.4 Å². The lowest BCUT2D eigenvalue weighted by atomic mass is 10.2. The summed E-state index contributed by atoms with van der Waals surface area (Å²) in [5.74, 6) is 0.900. The predicted octanol–water partition coefficient (Wildman–Crippen LogP) is 5.28. The number of nitrogens with zero attached hydrogens (tertiary/aromatic N) is 1. The summed E-state index contributed by atoms with van der Waals surface area (Å²) in [5.41, 5.74) is 3.41. The molecular formula is C27H27ClN2O6. The van der Waals surface area contributed by atoms with Gasteiger partial charge in [-0.3, -0.25) is 4.79 Å². The van der Waals surface area contributed by atoms with E-state index >= 15 is 0 Å². The largest absolute Gasteiger partial charge is 0.494 e. The van der Waals surface area contributed by atoms with Gasteiger partial charge in [-0.05, 0) is 85.6 Å². The van der Waals surface area contributed by atoms with Gasteiger partial charge >= 0.3 is 5.97 Å². The summed E-state index contributed by atoms with van der Waals surface area (Å²) in [4.78, 5) is 24.6. The fourth-order valence-electron chi connectivity index (χ4n) is 2.91. The molecule has 1 N–H and O–H groups in total. The summed E-state index contributed by atoms with van der Waals surface area (Å²) in [6.07, 6.45) is 2.35. The van der Waals surface area contributed by atoms with E-state index in [2.05, 4.69) is 10.5 Å². The fourth-order valence-corrected chi connectivity index (χ4v) is 3.04. The minimum Gasteiger partial charge on any atom is -0.494 e. The number of carbonyl (C=O) groups is 2. The number of hydrogen-bond acceptors (Lipinski definition) is 7. The maximum absolute atomic E-state index is 12.6. The van der Waals surface area contributed by atoms with E-state index in [9.17, 15) is 9.59 Å². The predicted molar refractivity (Wildman–Crippen MR) is 137 cm³/mol. The Morgan fingerprint density at radius 3 is 2.28 bits per heavy atom. The van der Waals surface area contributed by atoms with Crippen LogP contribution in [-0.2, 0) is 4.79 Å². The van der Waals surface area contributed by atoms with E-state index in [1.807, 2.05) is 13.8 Å². The monoisotopic (exact) mass is 510 g/mol. The van der Waals surface area contributed by atoms with Crippen LogP contribution in [0.2, 0.25) is 5.02 Å². The molecule has 0 radical (unpaired) electrons. The van der Waals surface area contributed by atoms with E-state index in [-0.39, 0.29) is 12.4 Å². The van der Waals surface area contributed by atoms with Gasteiger partial charge in [0, 0.05) is 5.02 Å². The van der Waals surface area contributed by atoms with Crippen LogP contribution in [0.4, 0.5) is 0 Å². The summed E-state index contributed by atoms with van der Waals surface area (Å²) in [6, 6.07) is 18.4. The molecule has 0 aliphatic carbocycles. The van der Waals surface area contributed by atoms with Gasteiger partial charge in [0.25, 0.3) is 5.91 Å². The van der Waals surface area contributed by atoms with Crippen molar-refractivity contribution in [2.24, 2.45) is 5.10 Å². The number of benzene rings is 3. The van der Waals surface area contributed by atoms with Crippen molar-refractivity contribution in [3.8, 4) is 23.0 Å². The van der Waals surface area contributed by atoms with E-state index in [0.29, 0.717) is 46.6 Å². The number of nitrogens with one attached hydrogen (secondary N) is 1. The van der Waals surface area contributed by atoms with E-state index in [1.54, 1.807) is 66.7 Å². The van der Waals surface area contributed by atoms with Crippen LogP contribution in [-0.4, -0.2) is 37.9 Å². The lowest BCUT2D eigenvalue weighted by Crippen LogP contribution is -2.24. The third-order valence-corrected chi connectivity index (χ3v) is 4.87. The van der Waals surface area contributed by atoms with Crippen molar-refractivity contribution in [3.63, 3.8) is 0 Å². The molecule has 3 aromatic rings. The average molecular weight is 511 g/mol. The van der Waals surface area contributed by atoms with Gasteiger partial charge in [0.05, 0.1) is 25.0 Å². The first kappa shape index (κ1) is 26.6. The second-order valence-electron chi connectivity index (χ2n) is 7.44. The van der Waals surface area contributed by atoms with Crippen molar-refractivity contribution in [1.29, 1.82) is 0 Å². The molecular weight excluding hydrogens is 484 g/mol. The van der Waals surface area contributed by atoms with Gasteiger partial charge in [-0.2, -0.15) is 5.10 Å². The zero-order chi connectivity index (χ0) is 25.8. The van der Waals surface area contributed by atoms with Crippen LogP contribution in [0.25, 0.3) is 0 Å². The van der Waals surface area contributed by atoms with Crippen molar-refractivity contribution in [2.45, 2.75) is 20.3 Å². The van der Waals surface area contributed by atoms with Gasteiger partial charge in [-0.15, -0.1) is 0 Å². The van der Waals surface area contributed by atoms with Crippen molar-refractivity contribution < 1.29 is 28.5 Å². The number of rotatable bonds is 12. The van der Waals surface area contributed by atoms with Gasteiger partial charge in [-0.25, -0.2) is 10.2 Å². The van der Waals surface area contributed by atoms with Gasteiger partial charge in [0.15, 0.2) is 18.1 Å². The Kier molecular flexibility index (Phi) is 10.1. The molecule has 0 saturated heterocycles. The molecule has 0 aliphatic heterocycles. The van der Waals surface area contributed by atoms with Crippen LogP contribution in [0, 0.1) is 0 Å². The molecule has 0 saturated carbocycles. The smallest absolute Gasteiger partial charge is 0.343 e. The number of carbonyl (C=O) groups excluding carboxylic acids is 2. The van der Waals surface area contributed by atoms with Crippen LogP contribution in [0.5, 0.6) is 23.0 Å². The quantitative estimate of drug-likeness (QED) is 0.154. The van der Waals surface area contributed by atoms with Gasteiger partial charge in [-0.1, -0.05) is 18.5 Å². The highest BCUT2D eigenvalue weighted by atomic mass is 35.5. The second-order valence-corrected chi connectivity index (χ2v) is 7.87. The summed E-state index contributed by atoms with van der Waals surface area (Å²) < 4.78 is 22.1. The van der Waals surface area contributed by atoms with Gasteiger partial charge in [0.1, 0.15) is 11.5 Å². The first-order chi connectivity index (χ1) is 17.5. The third kappa shape index (κ3) is 8.32. The Labute approximate surface area is 214 Å². The molecule has 0 fully saturated rings. The van der Waals surface area contributed by atoms with E-state index in [0.717, 1.165) is 6.42 Å². The molecule has 3 aromatic carbocycles. The maximum Gasteiger partial charge on any atom is 0.343 e. The molecule has 0 aliphatic rings. The van der Waals surface area contributed by atoms with Crippen molar-refractivity contribution >= 4 is 29.7 Å². The molecule has 1 amide bonds. The van der Waals surface area contributed by atoms with Gasteiger partial charge < -0.3 is 18.9 Å². The molecule has 8 nitrogen and oxygen atoms in total. The minimum atomic E-state index is -0.521. The number of hydrogen-bond donors (Lipinski definition) is 1. The number of ether oxygens (including phenoxy) is 4. The molecule has 0 aromatic heterocycles. The van der Waals surface area contributed by atoms with E-state index < -0.39 is 11.9 Å². The highest BCUT2D eigenvalue weighted by molar-refractivity contribution is 6.30. The number of amides is 1.